The molecule has 4 nitrogen and oxygen atoms in total. The SMILES string of the molecule is N#Cc1ccc(F)c(CN2CCC[C@@H]2C(=O)Nc2ccc(Cl)cc2Cl)c1. The molecule has 3 rings (SSSR count). The number of likely N-dealkylation sites (tertiary alicyclic amines) is 1. The standard InChI is InChI=1S/C19H16Cl2FN3O/c20-14-4-6-17(15(21)9-14)24-19(26)18-2-1-7-25(18)11-13-8-12(10-23)3-5-16(13)22/h3-6,8-9,18H,1-2,7,11H2,(H,24,26)/t18-/m1/s1. The molecule has 0 aromatic heterocycles. The fourth-order valence-electron chi connectivity index (χ4n) is 3.10. The van der Waals surface area contributed by atoms with E-state index in [1.54, 1.807) is 18.2 Å². The first-order chi connectivity index (χ1) is 12.5. The minimum absolute atomic E-state index is 0.191. The number of hydrogen-bond donors (Lipinski definition) is 1. The number of rotatable bonds is 4. The van der Waals surface area contributed by atoms with Crippen LogP contribution >= 0.6 is 23.2 Å². The summed E-state index contributed by atoms with van der Waals surface area (Å²) in [7, 11) is 0. The lowest BCUT2D eigenvalue weighted by molar-refractivity contribution is -0.120. The summed E-state index contributed by atoms with van der Waals surface area (Å²) >= 11 is 12.0. The van der Waals surface area contributed by atoms with E-state index in [0.717, 1.165) is 6.42 Å². The lowest BCUT2D eigenvalue weighted by Crippen LogP contribution is -2.39. The van der Waals surface area contributed by atoms with Crippen LogP contribution in [-0.2, 0) is 11.3 Å². The molecule has 0 saturated carbocycles. The van der Waals surface area contributed by atoms with Crippen molar-refractivity contribution in [3.63, 3.8) is 0 Å². The van der Waals surface area contributed by atoms with Crippen molar-refractivity contribution in [3.8, 4) is 6.07 Å². The molecule has 1 atom stereocenters. The van der Waals surface area contributed by atoms with Gasteiger partial charge in [0.15, 0.2) is 0 Å². The Kier molecular flexibility index (Phi) is 5.77. The summed E-state index contributed by atoms with van der Waals surface area (Å²) in [6, 6.07) is 10.7. The van der Waals surface area contributed by atoms with Crippen molar-refractivity contribution in [2.24, 2.45) is 0 Å². The van der Waals surface area contributed by atoms with Crippen LogP contribution in [0.3, 0.4) is 0 Å². The molecule has 1 fully saturated rings. The molecule has 0 spiro atoms. The van der Waals surface area contributed by atoms with Crippen LogP contribution < -0.4 is 5.32 Å². The Morgan fingerprint density at radius 1 is 1.31 bits per heavy atom. The van der Waals surface area contributed by atoms with Crippen LogP contribution in [0.1, 0.15) is 24.0 Å². The number of benzene rings is 2. The number of halogens is 3. The maximum atomic E-state index is 14.1. The minimum atomic E-state index is -0.383. The molecule has 1 aliphatic rings. The molecule has 2 aromatic rings. The number of carbonyl (C=O) groups excluding carboxylic acids is 1. The highest BCUT2D eigenvalue weighted by Gasteiger charge is 2.31. The van der Waals surface area contributed by atoms with Crippen LogP contribution in [0, 0.1) is 17.1 Å². The number of hydrogen-bond acceptors (Lipinski definition) is 3. The Morgan fingerprint density at radius 3 is 2.85 bits per heavy atom. The average molecular weight is 392 g/mol. The number of carbonyl (C=O) groups is 1. The number of nitrogens with zero attached hydrogens (tertiary/aromatic N) is 2. The van der Waals surface area contributed by atoms with Crippen molar-refractivity contribution in [2.75, 3.05) is 11.9 Å². The number of nitriles is 1. The van der Waals surface area contributed by atoms with Gasteiger partial charge in [-0.25, -0.2) is 4.39 Å². The predicted octanol–water partition coefficient (Wildman–Crippen LogP) is 4.61. The molecular formula is C19H16Cl2FN3O. The van der Waals surface area contributed by atoms with Crippen LogP contribution in [0.2, 0.25) is 10.0 Å². The molecule has 1 amide bonds. The molecule has 1 N–H and O–H groups in total. The van der Waals surface area contributed by atoms with Gasteiger partial charge in [0.1, 0.15) is 5.82 Å². The van der Waals surface area contributed by atoms with Crippen LogP contribution in [0.5, 0.6) is 0 Å². The van der Waals surface area contributed by atoms with E-state index >= 15 is 0 Å². The van der Waals surface area contributed by atoms with Crippen LogP contribution in [0.25, 0.3) is 0 Å². The fourth-order valence-corrected chi connectivity index (χ4v) is 3.56. The Bertz CT molecular complexity index is 882. The summed E-state index contributed by atoms with van der Waals surface area (Å²) in [4.78, 5) is 14.6. The third-order valence-electron chi connectivity index (χ3n) is 4.40. The van der Waals surface area contributed by atoms with Gasteiger partial charge in [-0.3, -0.25) is 9.69 Å². The van der Waals surface area contributed by atoms with Gasteiger partial charge in [0.25, 0.3) is 0 Å². The maximum absolute atomic E-state index is 14.1. The largest absolute Gasteiger partial charge is 0.323 e. The van der Waals surface area contributed by atoms with Crippen molar-refractivity contribution in [2.45, 2.75) is 25.4 Å². The molecule has 1 aliphatic heterocycles. The van der Waals surface area contributed by atoms with E-state index in [4.69, 9.17) is 28.5 Å². The summed E-state index contributed by atoms with van der Waals surface area (Å²) in [5.41, 5.74) is 1.30. The lowest BCUT2D eigenvalue weighted by Gasteiger charge is -2.24. The van der Waals surface area contributed by atoms with Gasteiger partial charge < -0.3 is 5.32 Å². The van der Waals surface area contributed by atoms with Gasteiger partial charge in [0.05, 0.1) is 28.4 Å². The zero-order chi connectivity index (χ0) is 18.7. The maximum Gasteiger partial charge on any atom is 0.241 e. The molecule has 0 radical (unpaired) electrons. The highest BCUT2D eigenvalue weighted by Crippen LogP contribution is 2.27. The average Bonchev–Trinajstić information content (AvgIpc) is 3.07. The molecule has 0 unspecified atom stereocenters. The first-order valence-corrected chi connectivity index (χ1v) is 8.92. The molecule has 0 aliphatic carbocycles. The van der Waals surface area contributed by atoms with Gasteiger partial charge in [-0.05, 0) is 55.8 Å². The van der Waals surface area contributed by atoms with E-state index in [2.05, 4.69) is 5.32 Å². The van der Waals surface area contributed by atoms with E-state index in [-0.39, 0.29) is 24.3 Å². The van der Waals surface area contributed by atoms with Crippen molar-refractivity contribution >= 4 is 34.8 Å². The zero-order valence-corrected chi connectivity index (χ0v) is 15.3. The third-order valence-corrected chi connectivity index (χ3v) is 4.95. The van der Waals surface area contributed by atoms with Gasteiger partial charge in [-0.2, -0.15) is 5.26 Å². The smallest absolute Gasteiger partial charge is 0.241 e. The van der Waals surface area contributed by atoms with Crippen LogP contribution in [0.4, 0.5) is 10.1 Å². The predicted molar refractivity (Wildman–Crippen MR) is 99.6 cm³/mol. The van der Waals surface area contributed by atoms with Crippen molar-refractivity contribution < 1.29 is 9.18 Å². The molecule has 1 saturated heterocycles. The molecule has 26 heavy (non-hydrogen) atoms. The molecule has 2 aromatic carbocycles. The van der Waals surface area contributed by atoms with E-state index in [9.17, 15) is 9.18 Å². The molecule has 1 heterocycles. The zero-order valence-electron chi connectivity index (χ0n) is 13.8. The monoisotopic (exact) mass is 391 g/mol. The first kappa shape index (κ1) is 18.7. The van der Waals surface area contributed by atoms with Crippen molar-refractivity contribution in [3.05, 3.63) is 63.4 Å². The number of anilines is 1. The first-order valence-electron chi connectivity index (χ1n) is 8.16. The second-order valence-corrected chi connectivity index (χ2v) is 7.00. The summed E-state index contributed by atoms with van der Waals surface area (Å²) in [6.45, 7) is 0.955. The molecule has 134 valence electrons. The highest BCUT2D eigenvalue weighted by molar-refractivity contribution is 6.36. The van der Waals surface area contributed by atoms with Gasteiger partial charge >= 0.3 is 0 Å². The second kappa shape index (κ2) is 8.05. The highest BCUT2D eigenvalue weighted by atomic mass is 35.5. The third kappa shape index (κ3) is 4.16. The Balaban J connectivity index is 1.73. The van der Waals surface area contributed by atoms with Crippen molar-refractivity contribution in [1.82, 2.24) is 4.90 Å². The Labute approximate surface area is 161 Å². The van der Waals surface area contributed by atoms with E-state index in [0.29, 0.717) is 39.8 Å². The minimum Gasteiger partial charge on any atom is -0.323 e. The van der Waals surface area contributed by atoms with Gasteiger partial charge in [0, 0.05) is 17.1 Å². The number of nitrogens with one attached hydrogen (secondary N) is 1. The normalized spacial score (nSPS) is 17.1. The lowest BCUT2D eigenvalue weighted by atomic mass is 10.1. The Morgan fingerprint density at radius 2 is 2.12 bits per heavy atom. The fraction of sp³-hybridized carbons (Fsp3) is 0.263. The van der Waals surface area contributed by atoms with Gasteiger partial charge in [0.2, 0.25) is 5.91 Å². The second-order valence-electron chi connectivity index (χ2n) is 6.16. The van der Waals surface area contributed by atoms with Gasteiger partial charge in [-0.1, -0.05) is 23.2 Å². The Hall–Kier alpha value is -2.13. The van der Waals surface area contributed by atoms with Crippen molar-refractivity contribution in [1.29, 1.82) is 5.26 Å². The summed E-state index contributed by atoms with van der Waals surface area (Å²) in [6.07, 6.45) is 1.52. The van der Waals surface area contributed by atoms with E-state index in [1.165, 1.54) is 18.2 Å². The summed E-state index contributed by atoms with van der Waals surface area (Å²) < 4.78 is 14.1. The summed E-state index contributed by atoms with van der Waals surface area (Å²) in [5, 5.41) is 12.7. The molecular weight excluding hydrogens is 376 g/mol. The topological polar surface area (TPSA) is 56.1 Å². The van der Waals surface area contributed by atoms with Crippen LogP contribution in [-0.4, -0.2) is 23.4 Å². The summed E-state index contributed by atoms with van der Waals surface area (Å²) in [5.74, 6) is -0.570. The van der Waals surface area contributed by atoms with E-state index in [1.807, 2.05) is 11.0 Å². The molecule has 7 heteroatoms. The molecule has 0 bridgehead atoms. The van der Waals surface area contributed by atoms with E-state index < -0.39 is 0 Å². The van der Waals surface area contributed by atoms with Crippen LogP contribution in [0.15, 0.2) is 36.4 Å². The number of amides is 1. The van der Waals surface area contributed by atoms with Gasteiger partial charge in [-0.15, -0.1) is 0 Å². The quantitative estimate of drug-likeness (QED) is 0.827.